The molecule has 0 heterocycles. The molecule has 2 aromatic carbocycles. The van der Waals surface area contributed by atoms with E-state index in [4.69, 9.17) is 27.9 Å². The van der Waals surface area contributed by atoms with Crippen molar-refractivity contribution in [2.75, 3.05) is 7.11 Å². The van der Waals surface area contributed by atoms with E-state index in [-0.39, 0.29) is 16.5 Å². The Morgan fingerprint density at radius 1 is 1.12 bits per heavy atom. The summed E-state index contributed by atoms with van der Waals surface area (Å²) in [5.74, 6) is 0. The van der Waals surface area contributed by atoms with Crippen molar-refractivity contribution in [2.24, 2.45) is 0 Å². The maximum absolute atomic E-state index is 12.7. The molecule has 130 valence electrons. The van der Waals surface area contributed by atoms with Gasteiger partial charge in [-0.05, 0) is 42.2 Å². The van der Waals surface area contributed by atoms with Crippen LogP contribution in [0.3, 0.4) is 0 Å². The van der Waals surface area contributed by atoms with Crippen molar-refractivity contribution >= 4 is 33.2 Å². The molecular weight excluding hydrogens is 369 g/mol. The average molecular weight is 388 g/mol. The molecule has 0 radical (unpaired) electrons. The fourth-order valence-electron chi connectivity index (χ4n) is 2.40. The monoisotopic (exact) mass is 387 g/mol. The fraction of sp³-hybridized carbons (Fsp3) is 0.294. The number of sulfonamides is 1. The maximum atomic E-state index is 12.7. The zero-order valence-electron chi connectivity index (χ0n) is 13.7. The fourth-order valence-corrected chi connectivity index (χ4v) is 4.62. The van der Waals surface area contributed by atoms with Crippen LogP contribution >= 0.6 is 23.2 Å². The van der Waals surface area contributed by atoms with Gasteiger partial charge >= 0.3 is 0 Å². The summed E-state index contributed by atoms with van der Waals surface area (Å²) in [6, 6.07) is 9.15. The van der Waals surface area contributed by atoms with Crippen LogP contribution < -0.4 is 4.72 Å². The smallest absolute Gasteiger partial charge is 0.242 e. The summed E-state index contributed by atoms with van der Waals surface area (Å²) >= 11 is 12.3. The van der Waals surface area contributed by atoms with Crippen LogP contribution in [0.5, 0.6) is 0 Å². The molecule has 2 aromatic rings. The van der Waals surface area contributed by atoms with Gasteiger partial charge in [-0.15, -0.1) is 0 Å². The molecule has 0 amide bonds. The Morgan fingerprint density at radius 2 is 1.75 bits per heavy atom. The van der Waals surface area contributed by atoms with Gasteiger partial charge in [0, 0.05) is 18.7 Å². The largest absolute Gasteiger partial charge is 0.380 e. The molecule has 0 aliphatic heterocycles. The molecule has 0 unspecified atom stereocenters. The van der Waals surface area contributed by atoms with Gasteiger partial charge in [0.25, 0.3) is 0 Å². The van der Waals surface area contributed by atoms with Crippen molar-refractivity contribution in [2.45, 2.75) is 31.9 Å². The first-order chi connectivity index (χ1) is 11.3. The quantitative estimate of drug-likeness (QED) is 0.806. The van der Waals surface area contributed by atoms with E-state index in [0.29, 0.717) is 22.8 Å². The van der Waals surface area contributed by atoms with Crippen LogP contribution in [0, 0.1) is 13.8 Å². The van der Waals surface area contributed by atoms with Crippen LogP contribution in [-0.4, -0.2) is 15.5 Å². The van der Waals surface area contributed by atoms with E-state index in [2.05, 4.69) is 4.72 Å². The molecule has 0 saturated carbocycles. The molecule has 24 heavy (non-hydrogen) atoms. The van der Waals surface area contributed by atoms with Gasteiger partial charge in [0.2, 0.25) is 10.0 Å². The summed E-state index contributed by atoms with van der Waals surface area (Å²) in [7, 11) is -2.21. The lowest BCUT2D eigenvalue weighted by Gasteiger charge is -2.15. The lowest BCUT2D eigenvalue weighted by Crippen LogP contribution is -2.25. The molecule has 0 aliphatic rings. The summed E-state index contributed by atoms with van der Waals surface area (Å²) in [6.45, 7) is 3.92. The van der Waals surface area contributed by atoms with Crippen molar-refractivity contribution in [3.63, 3.8) is 0 Å². The number of hydrogen-bond acceptors (Lipinski definition) is 3. The molecular formula is C17H19Cl2NO3S. The molecule has 1 N–H and O–H groups in total. The third-order valence-corrected chi connectivity index (χ3v) is 6.29. The van der Waals surface area contributed by atoms with Crippen LogP contribution in [0.4, 0.5) is 0 Å². The highest BCUT2D eigenvalue weighted by Gasteiger charge is 2.23. The van der Waals surface area contributed by atoms with Crippen molar-refractivity contribution in [3.8, 4) is 0 Å². The Balaban J connectivity index is 2.34. The molecule has 0 atom stereocenters. The molecule has 0 spiro atoms. The van der Waals surface area contributed by atoms with Crippen LogP contribution in [-0.2, 0) is 27.9 Å². The van der Waals surface area contributed by atoms with Gasteiger partial charge in [-0.25, -0.2) is 13.1 Å². The number of rotatable bonds is 6. The lowest BCUT2D eigenvalue weighted by atomic mass is 10.1. The summed E-state index contributed by atoms with van der Waals surface area (Å²) in [5.41, 5.74) is 2.82. The number of hydrogen-bond donors (Lipinski definition) is 1. The van der Waals surface area contributed by atoms with E-state index in [1.807, 2.05) is 24.3 Å². The predicted molar refractivity (Wildman–Crippen MR) is 97.1 cm³/mol. The SMILES string of the molecule is COCc1ccccc1CNS(=O)(=O)c1c(C)c(Cl)cc(C)c1Cl. The Morgan fingerprint density at radius 3 is 2.38 bits per heavy atom. The van der Waals surface area contributed by atoms with E-state index >= 15 is 0 Å². The third-order valence-electron chi connectivity index (χ3n) is 3.73. The van der Waals surface area contributed by atoms with Gasteiger partial charge in [0.05, 0.1) is 11.6 Å². The minimum absolute atomic E-state index is 0.0263. The molecule has 0 fully saturated rings. The highest BCUT2D eigenvalue weighted by molar-refractivity contribution is 7.89. The summed E-state index contributed by atoms with van der Waals surface area (Å²) < 4.78 is 33.2. The van der Waals surface area contributed by atoms with Gasteiger partial charge in [0.1, 0.15) is 4.90 Å². The normalized spacial score (nSPS) is 11.7. The number of methoxy groups -OCH3 is 1. The van der Waals surface area contributed by atoms with E-state index in [1.54, 1.807) is 27.0 Å². The molecule has 7 heteroatoms. The Bertz CT molecular complexity index is 825. The second kappa shape index (κ2) is 7.85. The topological polar surface area (TPSA) is 55.4 Å². The number of ether oxygens (including phenoxy) is 1. The zero-order valence-corrected chi connectivity index (χ0v) is 16.0. The summed E-state index contributed by atoms with van der Waals surface area (Å²) in [4.78, 5) is 0.0263. The number of benzene rings is 2. The van der Waals surface area contributed by atoms with E-state index in [0.717, 1.165) is 11.1 Å². The zero-order chi connectivity index (χ0) is 17.9. The summed E-state index contributed by atoms with van der Waals surface area (Å²) in [5, 5.41) is 0.562. The standard InChI is InChI=1S/C17H19Cl2NO3S/c1-11-8-15(18)12(2)17(16(11)19)24(21,22)20-9-13-6-4-5-7-14(13)10-23-3/h4-8,20H,9-10H2,1-3H3. The van der Waals surface area contributed by atoms with Crippen LogP contribution in [0.15, 0.2) is 35.2 Å². The second-order valence-electron chi connectivity index (χ2n) is 5.47. The van der Waals surface area contributed by atoms with Gasteiger partial charge < -0.3 is 4.74 Å². The minimum Gasteiger partial charge on any atom is -0.380 e. The predicted octanol–water partition coefficient (Wildman–Crippen LogP) is 4.24. The molecule has 2 rings (SSSR count). The Kier molecular flexibility index (Phi) is 6.28. The molecule has 0 saturated heterocycles. The summed E-state index contributed by atoms with van der Waals surface area (Å²) in [6.07, 6.45) is 0. The number of nitrogens with one attached hydrogen (secondary N) is 1. The molecule has 4 nitrogen and oxygen atoms in total. The van der Waals surface area contributed by atoms with Gasteiger partial charge in [-0.3, -0.25) is 0 Å². The van der Waals surface area contributed by atoms with Crippen molar-refractivity contribution in [1.29, 1.82) is 0 Å². The Hall–Kier alpha value is -1.11. The van der Waals surface area contributed by atoms with Crippen LogP contribution in [0.25, 0.3) is 0 Å². The highest BCUT2D eigenvalue weighted by atomic mass is 35.5. The van der Waals surface area contributed by atoms with Crippen LogP contribution in [0.1, 0.15) is 22.3 Å². The second-order valence-corrected chi connectivity index (χ2v) is 7.96. The number of aryl methyl sites for hydroxylation is 1. The average Bonchev–Trinajstić information content (AvgIpc) is 2.52. The number of halogens is 2. The van der Waals surface area contributed by atoms with E-state index in [1.165, 1.54) is 0 Å². The highest BCUT2D eigenvalue weighted by Crippen LogP contribution is 2.33. The first-order valence-corrected chi connectivity index (χ1v) is 9.52. The lowest BCUT2D eigenvalue weighted by molar-refractivity contribution is 0.184. The van der Waals surface area contributed by atoms with Crippen molar-refractivity contribution < 1.29 is 13.2 Å². The van der Waals surface area contributed by atoms with Gasteiger partial charge in [-0.1, -0.05) is 47.5 Å². The van der Waals surface area contributed by atoms with E-state index < -0.39 is 10.0 Å². The van der Waals surface area contributed by atoms with Gasteiger partial charge in [-0.2, -0.15) is 0 Å². The first-order valence-electron chi connectivity index (χ1n) is 7.28. The van der Waals surface area contributed by atoms with Crippen molar-refractivity contribution in [3.05, 3.63) is 62.6 Å². The maximum Gasteiger partial charge on any atom is 0.242 e. The molecule has 0 bridgehead atoms. The Labute approximate surface area is 152 Å². The molecule has 0 aromatic heterocycles. The van der Waals surface area contributed by atoms with Gasteiger partial charge in [0.15, 0.2) is 0 Å². The van der Waals surface area contributed by atoms with E-state index in [9.17, 15) is 8.42 Å². The molecule has 0 aliphatic carbocycles. The third kappa shape index (κ3) is 4.10. The minimum atomic E-state index is -3.80. The van der Waals surface area contributed by atoms with Crippen molar-refractivity contribution in [1.82, 2.24) is 4.72 Å². The van der Waals surface area contributed by atoms with Crippen LogP contribution in [0.2, 0.25) is 10.0 Å². The first kappa shape index (κ1) is 19.2.